The van der Waals surface area contributed by atoms with Gasteiger partial charge in [-0.25, -0.2) is 0 Å². The number of hydrogen-bond acceptors (Lipinski definition) is 1. The van der Waals surface area contributed by atoms with Gasteiger partial charge in [0.05, 0.1) is 0 Å². The second kappa shape index (κ2) is 5.57. The zero-order valence-corrected chi connectivity index (χ0v) is 12.6. The predicted molar refractivity (Wildman–Crippen MR) is 89.4 cm³/mol. The Morgan fingerprint density at radius 1 is 0.818 bits per heavy atom. The summed E-state index contributed by atoms with van der Waals surface area (Å²) in [6, 6.07) is 20.9. The van der Waals surface area contributed by atoms with Gasteiger partial charge in [0.15, 0.2) is 0 Å². The number of fused-ring (bicyclic) bond motifs is 2. The maximum atomic E-state index is 12.9. The van der Waals surface area contributed by atoms with Crippen molar-refractivity contribution in [1.82, 2.24) is 0 Å². The van der Waals surface area contributed by atoms with Crippen molar-refractivity contribution in [3.05, 3.63) is 77.9 Å². The van der Waals surface area contributed by atoms with E-state index in [2.05, 4.69) is 54.6 Å². The van der Waals surface area contributed by atoms with Gasteiger partial charge in [0.1, 0.15) is 5.78 Å². The van der Waals surface area contributed by atoms with Gasteiger partial charge in [-0.1, -0.05) is 73.2 Å². The molecule has 2 aliphatic carbocycles. The first-order chi connectivity index (χ1) is 10.8. The average molecular weight is 288 g/mol. The van der Waals surface area contributed by atoms with Crippen LogP contribution in [0, 0.1) is 11.8 Å². The van der Waals surface area contributed by atoms with Crippen LogP contribution < -0.4 is 0 Å². The number of allylic oxidation sites excluding steroid dienone is 2. The van der Waals surface area contributed by atoms with Crippen LogP contribution in [0.5, 0.6) is 0 Å². The molecule has 0 N–H and O–H groups in total. The van der Waals surface area contributed by atoms with Crippen molar-refractivity contribution in [3.63, 3.8) is 0 Å². The quantitative estimate of drug-likeness (QED) is 0.772. The first-order valence-corrected chi connectivity index (χ1v) is 8.20. The van der Waals surface area contributed by atoms with E-state index in [9.17, 15) is 4.79 Å². The van der Waals surface area contributed by atoms with E-state index in [-0.39, 0.29) is 17.8 Å². The second-order valence-corrected chi connectivity index (χ2v) is 6.42. The van der Waals surface area contributed by atoms with Gasteiger partial charge < -0.3 is 0 Å². The summed E-state index contributed by atoms with van der Waals surface area (Å²) in [5.41, 5.74) is 3.73. The van der Waals surface area contributed by atoms with Crippen LogP contribution in [0.3, 0.4) is 0 Å². The minimum absolute atomic E-state index is 0.112. The molecular formula is C21H20O. The molecule has 1 fully saturated rings. The molecule has 1 nitrogen and oxygen atoms in total. The SMILES string of the molecule is O=C1C2CCCC1C(c1ccccc1)C=C2c1ccccc1. The van der Waals surface area contributed by atoms with Gasteiger partial charge in [-0.3, -0.25) is 4.79 Å². The Morgan fingerprint density at radius 3 is 2.23 bits per heavy atom. The van der Waals surface area contributed by atoms with Gasteiger partial charge in [0.25, 0.3) is 0 Å². The molecular weight excluding hydrogens is 268 g/mol. The minimum Gasteiger partial charge on any atom is -0.299 e. The maximum absolute atomic E-state index is 12.9. The fourth-order valence-electron chi connectivity index (χ4n) is 4.11. The van der Waals surface area contributed by atoms with Gasteiger partial charge in [-0.2, -0.15) is 0 Å². The molecule has 2 aromatic rings. The van der Waals surface area contributed by atoms with E-state index in [0.717, 1.165) is 19.3 Å². The van der Waals surface area contributed by atoms with Gasteiger partial charge in [0.2, 0.25) is 0 Å². The predicted octanol–water partition coefficient (Wildman–Crippen LogP) is 4.85. The summed E-state index contributed by atoms with van der Waals surface area (Å²) in [5, 5.41) is 0. The van der Waals surface area contributed by atoms with Crippen LogP contribution in [-0.4, -0.2) is 5.78 Å². The fourth-order valence-corrected chi connectivity index (χ4v) is 4.11. The Balaban J connectivity index is 1.84. The van der Waals surface area contributed by atoms with Crippen molar-refractivity contribution in [2.75, 3.05) is 0 Å². The van der Waals surface area contributed by atoms with Crippen LogP contribution in [0.1, 0.15) is 36.3 Å². The van der Waals surface area contributed by atoms with Gasteiger partial charge in [0, 0.05) is 17.8 Å². The van der Waals surface area contributed by atoms with Crippen molar-refractivity contribution in [1.29, 1.82) is 0 Å². The molecule has 1 saturated carbocycles. The summed E-state index contributed by atoms with van der Waals surface area (Å²) in [7, 11) is 0. The lowest BCUT2D eigenvalue weighted by Crippen LogP contribution is -2.36. The lowest BCUT2D eigenvalue weighted by atomic mass is 9.64. The summed E-state index contributed by atoms with van der Waals surface area (Å²) in [6.07, 6.45) is 5.58. The van der Waals surface area contributed by atoms with Crippen LogP contribution in [0.25, 0.3) is 5.57 Å². The van der Waals surface area contributed by atoms with Crippen molar-refractivity contribution in [2.24, 2.45) is 11.8 Å². The Labute approximate surface area is 131 Å². The monoisotopic (exact) mass is 288 g/mol. The highest BCUT2D eigenvalue weighted by molar-refractivity contribution is 5.98. The third-order valence-electron chi connectivity index (χ3n) is 5.18. The number of carbonyl (C=O) groups excluding carboxylic acids is 1. The van der Waals surface area contributed by atoms with Crippen molar-refractivity contribution in [3.8, 4) is 0 Å². The Morgan fingerprint density at radius 2 is 1.50 bits per heavy atom. The standard InChI is InChI=1S/C21H20O/c22-21-17-12-7-13-18(21)20(16-10-5-2-6-11-16)14-19(17)15-8-3-1-4-9-15/h1-6,8-11,14,17-19H,7,12-13H2. The summed E-state index contributed by atoms with van der Waals surface area (Å²) in [4.78, 5) is 12.9. The molecule has 2 bridgehead atoms. The van der Waals surface area contributed by atoms with Crippen molar-refractivity contribution >= 4 is 11.4 Å². The highest BCUT2D eigenvalue weighted by Gasteiger charge is 2.41. The lowest BCUT2D eigenvalue weighted by molar-refractivity contribution is -0.128. The van der Waals surface area contributed by atoms with E-state index in [1.807, 2.05) is 12.1 Å². The Hall–Kier alpha value is -2.15. The topological polar surface area (TPSA) is 17.1 Å². The number of benzene rings is 2. The van der Waals surface area contributed by atoms with E-state index in [1.54, 1.807) is 0 Å². The molecule has 0 radical (unpaired) electrons. The molecule has 0 heterocycles. The van der Waals surface area contributed by atoms with E-state index in [0.29, 0.717) is 5.78 Å². The van der Waals surface area contributed by atoms with Crippen LogP contribution >= 0.6 is 0 Å². The molecule has 2 aromatic carbocycles. The van der Waals surface area contributed by atoms with Gasteiger partial charge in [-0.05, 0) is 29.5 Å². The van der Waals surface area contributed by atoms with Gasteiger partial charge in [-0.15, -0.1) is 0 Å². The molecule has 0 saturated heterocycles. The molecule has 0 spiro atoms. The molecule has 110 valence electrons. The molecule has 3 unspecified atom stereocenters. The third kappa shape index (κ3) is 2.21. The second-order valence-electron chi connectivity index (χ2n) is 6.42. The molecule has 4 rings (SSSR count). The smallest absolute Gasteiger partial charge is 0.144 e. The third-order valence-corrected chi connectivity index (χ3v) is 5.18. The minimum atomic E-state index is 0.112. The van der Waals surface area contributed by atoms with Crippen molar-refractivity contribution < 1.29 is 4.79 Å². The molecule has 0 aliphatic heterocycles. The first kappa shape index (κ1) is 13.5. The number of hydrogen-bond donors (Lipinski definition) is 0. The highest BCUT2D eigenvalue weighted by atomic mass is 16.1. The van der Waals surface area contributed by atoms with E-state index in [4.69, 9.17) is 0 Å². The summed E-state index contributed by atoms with van der Waals surface area (Å²) >= 11 is 0. The molecule has 0 aromatic heterocycles. The largest absolute Gasteiger partial charge is 0.299 e. The number of Topliss-reactive ketones (excluding diaryl/α,β-unsaturated/α-hetero) is 1. The van der Waals surface area contributed by atoms with Crippen molar-refractivity contribution in [2.45, 2.75) is 25.2 Å². The van der Waals surface area contributed by atoms with Crippen LogP contribution in [0.15, 0.2) is 66.7 Å². The molecule has 1 heteroatoms. The molecule has 2 aliphatic rings. The fraction of sp³-hybridized carbons (Fsp3) is 0.286. The van der Waals surface area contributed by atoms with Crippen LogP contribution in [0.2, 0.25) is 0 Å². The van der Waals surface area contributed by atoms with Gasteiger partial charge >= 0.3 is 0 Å². The summed E-state index contributed by atoms with van der Waals surface area (Å²) in [6.45, 7) is 0. The zero-order valence-electron chi connectivity index (χ0n) is 12.6. The Bertz CT molecular complexity index is 699. The normalized spacial score (nSPS) is 27.4. The maximum Gasteiger partial charge on any atom is 0.144 e. The van der Waals surface area contributed by atoms with Crippen LogP contribution in [-0.2, 0) is 4.79 Å². The number of ketones is 1. The molecule has 3 atom stereocenters. The van der Waals surface area contributed by atoms with E-state index < -0.39 is 0 Å². The zero-order chi connectivity index (χ0) is 14.9. The number of rotatable bonds is 2. The van der Waals surface area contributed by atoms with E-state index in [1.165, 1.54) is 16.7 Å². The molecule has 22 heavy (non-hydrogen) atoms. The van der Waals surface area contributed by atoms with E-state index >= 15 is 0 Å². The summed E-state index contributed by atoms with van der Waals surface area (Å²) in [5.74, 6) is 0.983. The summed E-state index contributed by atoms with van der Waals surface area (Å²) < 4.78 is 0. The highest BCUT2D eigenvalue weighted by Crippen LogP contribution is 2.47. The van der Waals surface area contributed by atoms with Crippen LogP contribution in [0.4, 0.5) is 0 Å². The number of carbonyl (C=O) groups is 1. The Kier molecular flexibility index (Phi) is 3.42. The first-order valence-electron chi connectivity index (χ1n) is 8.20. The average Bonchev–Trinajstić information content (AvgIpc) is 2.57. The molecule has 0 amide bonds. The lowest BCUT2D eigenvalue weighted by Gasteiger charge is -2.38.